The van der Waals surface area contributed by atoms with Crippen LogP contribution in [0.4, 0.5) is 23.0 Å². The molecule has 1 aromatic heterocycles. The molecule has 1 aliphatic heterocycles. The summed E-state index contributed by atoms with van der Waals surface area (Å²) in [5.41, 5.74) is 4.58. The number of para-hydroxylation sites is 2. The number of benzene rings is 2. The first-order chi connectivity index (χ1) is 15.0. The van der Waals surface area contributed by atoms with Crippen LogP contribution in [0.1, 0.15) is 20.8 Å². The number of ether oxygens (including phenoxy) is 1. The topological polar surface area (TPSA) is 79.4 Å². The van der Waals surface area contributed by atoms with Gasteiger partial charge in [-0.3, -0.25) is 4.79 Å². The Labute approximate surface area is 182 Å². The lowest BCUT2D eigenvalue weighted by Crippen LogP contribution is -2.50. The molecule has 160 valence electrons. The van der Waals surface area contributed by atoms with Crippen LogP contribution < -0.4 is 15.5 Å². The van der Waals surface area contributed by atoms with Crippen molar-refractivity contribution < 1.29 is 9.53 Å². The number of nitrogens with one attached hydrogen (secondary N) is 2. The van der Waals surface area contributed by atoms with Crippen molar-refractivity contribution >= 4 is 28.9 Å². The van der Waals surface area contributed by atoms with Crippen LogP contribution >= 0.6 is 0 Å². The van der Waals surface area contributed by atoms with Crippen LogP contribution in [0.25, 0.3) is 11.3 Å². The third-order valence-electron chi connectivity index (χ3n) is 5.25. The van der Waals surface area contributed by atoms with Gasteiger partial charge in [0.25, 0.3) is 0 Å². The standard InChI is InChI=1S/C24H27N5O2/c1-16-14-31-15-17(2)29(16)23-7-5-4-6-22(23)28-24-25-13-12-21(27-24)19-8-10-20(11-9-19)26-18(3)30/h4-13,16-17H,14-15H2,1-3H3,(H,26,30)(H,25,27,28). The molecule has 1 aliphatic rings. The fraction of sp³-hybridized carbons (Fsp3) is 0.292. The number of morpholine rings is 1. The molecule has 0 aliphatic carbocycles. The zero-order valence-corrected chi connectivity index (χ0v) is 18.0. The molecule has 2 atom stereocenters. The van der Waals surface area contributed by atoms with Gasteiger partial charge in [-0.15, -0.1) is 0 Å². The van der Waals surface area contributed by atoms with Crippen LogP contribution in [0.3, 0.4) is 0 Å². The van der Waals surface area contributed by atoms with Gasteiger partial charge >= 0.3 is 0 Å². The van der Waals surface area contributed by atoms with Crippen molar-refractivity contribution in [3.63, 3.8) is 0 Å². The number of hydrogen-bond acceptors (Lipinski definition) is 6. The number of nitrogens with zero attached hydrogens (tertiary/aromatic N) is 3. The number of amides is 1. The molecule has 0 radical (unpaired) electrons. The van der Waals surface area contributed by atoms with Crippen LogP contribution in [-0.2, 0) is 9.53 Å². The minimum atomic E-state index is -0.0937. The van der Waals surface area contributed by atoms with E-state index in [1.165, 1.54) is 6.92 Å². The van der Waals surface area contributed by atoms with Crippen LogP contribution in [0, 0.1) is 0 Å². The van der Waals surface area contributed by atoms with Gasteiger partial charge in [0.05, 0.1) is 30.3 Å². The largest absolute Gasteiger partial charge is 0.377 e. The second-order valence-electron chi connectivity index (χ2n) is 7.81. The van der Waals surface area contributed by atoms with E-state index in [9.17, 15) is 4.79 Å². The molecular formula is C24H27N5O2. The Balaban J connectivity index is 1.58. The van der Waals surface area contributed by atoms with E-state index in [-0.39, 0.29) is 18.0 Å². The Morgan fingerprint density at radius 3 is 2.45 bits per heavy atom. The van der Waals surface area contributed by atoms with Crippen molar-refractivity contribution in [1.82, 2.24) is 9.97 Å². The molecule has 0 saturated carbocycles. The summed E-state index contributed by atoms with van der Waals surface area (Å²) in [6.07, 6.45) is 1.75. The summed E-state index contributed by atoms with van der Waals surface area (Å²) in [5.74, 6) is 0.438. The highest BCUT2D eigenvalue weighted by Gasteiger charge is 2.27. The summed E-state index contributed by atoms with van der Waals surface area (Å²) in [4.78, 5) is 22.7. The maximum Gasteiger partial charge on any atom is 0.227 e. The first-order valence-electron chi connectivity index (χ1n) is 10.4. The van der Waals surface area contributed by atoms with Gasteiger partial charge in [-0.05, 0) is 44.2 Å². The third-order valence-corrected chi connectivity index (χ3v) is 5.25. The minimum Gasteiger partial charge on any atom is -0.377 e. The van der Waals surface area contributed by atoms with E-state index < -0.39 is 0 Å². The van der Waals surface area contributed by atoms with Gasteiger partial charge in [0.15, 0.2) is 0 Å². The lowest BCUT2D eigenvalue weighted by molar-refractivity contribution is -0.114. The SMILES string of the molecule is CC(=O)Nc1ccc(-c2ccnc(Nc3ccccc3N3C(C)COCC3C)n2)cc1. The summed E-state index contributed by atoms with van der Waals surface area (Å²) in [5, 5.41) is 6.17. The number of carbonyl (C=O) groups is 1. The Hall–Kier alpha value is -3.45. The summed E-state index contributed by atoms with van der Waals surface area (Å²) in [6.45, 7) is 7.26. The lowest BCUT2D eigenvalue weighted by atomic mass is 10.1. The van der Waals surface area contributed by atoms with Crippen molar-refractivity contribution in [1.29, 1.82) is 0 Å². The van der Waals surface area contributed by atoms with Gasteiger partial charge < -0.3 is 20.3 Å². The molecule has 1 amide bonds. The minimum absolute atomic E-state index is 0.0937. The third kappa shape index (κ3) is 4.83. The summed E-state index contributed by atoms with van der Waals surface area (Å²) < 4.78 is 5.69. The fourth-order valence-electron chi connectivity index (χ4n) is 3.91. The summed E-state index contributed by atoms with van der Waals surface area (Å²) in [6, 6.07) is 18.2. The molecule has 1 fully saturated rings. The van der Waals surface area contributed by atoms with E-state index >= 15 is 0 Å². The van der Waals surface area contributed by atoms with Crippen molar-refractivity contribution in [2.45, 2.75) is 32.9 Å². The quantitative estimate of drug-likeness (QED) is 0.638. The molecule has 7 heteroatoms. The zero-order chi connectivity index (χ0) is 21.8. The molecule has 2 heterocycles. The molecule has 3 aromatic rings. The highest BCUT2D eigenvalue weighted by Crippen LogP contribution is 2.32. The predicted molar refractivity (Wildman–Crippen MR) is 124 cm³/mol. The molecule has 0 bridgehead atoms. The second kappa shape index (κ2) is 9.14. The maximum absolute atomic E-state index is 11.2. The van der Waals surface area contributed by atoms with Gasteiger partial charge in [-0.2, -0.15) is 0 Å². The van der Waals surface area contributed by atoms with E-state index in [2.05, 4.69) is 40.4 Å². The number of rotatable bonds is 5. The highest BCUT2D eigenvalue weighted by atomic mass is 16.5. The van der Waals surface area contributed by atoms with E-state index in [0.717, 1.165) is 28.3 Å². The monoisotopic (exact) mass is 417 g/mol. The Kier molecular flexibility index (Phi) is 6.13. The van der Waals surface area contributed by atoms with Crippen molar-refractivity contribution in [3.8, 4) is 11.3 Å². The van der Waals surface area contributed by atoms with Crippen molar-refractivity contribution in [3.05, 3.63) is 60.8 Å². The van der Waals surface area contributed by atoms with Crippen molar-refractivity contribution in [2.24, 2.45) is 0 Å². The van der Waals surface area contributed by atoms with Crippen LogP contribution in [0.5, 0.6) is 0 Å². The zero-order valence-electron chi connectivity index (χ0n) is 18.0. The first kappa shape index (κ1) is 20.8. The summed E-state index contributed by atoms with van der Waals surface area (Å²) in [7, 11) is 0. The molecule has 31 heavy (non-hydrogen) atoms. The molecule has 2 aromatic carbocycles. The maximum atomic E-state index is 11.2. The average Bonchev–Trinajstić information content (AvgIpc) is 2.75. The Morgan fingerprint density at radius 1 is 1.03 bits per heavy atom. The van der Waals surface area contributed by atoms with Crippen molar-refractivity contribution in [2.75, 3.05) is 28.7 Å². The Morgan fingerprint density at radius 2 is 1.74 bits per heavy atom. The number of anilines is 4. The van der Waals surface area contributed by atoms with Gasteiger partial charge in [0.1, 0.15) is 0 Å². The molecule has 2 N–H and O–H groups in total. The predicted octanol–water partition coefficient (Wildman–Crippen LogP) is 4.46. The molecule has 7 nitrogen and oxygen atoms in total. The lowest BCUT2D eigenvalue weighted by Gasteiger charge is -2.41. The number of hydrogen-bond donors (Lipinski definition) is 2. The van der Waals surface area contributed by atoms with E-state index in [1.807, 2.05) is 48.5 Å². The van der Waals surface area contributed by atoms with E-state index in [0.29, 0.717) is 19.2 Å². The number of aromatic nitrogens is 2. The van der Waals surface area contributed by atoms with Crippen LogP contribution in [-0.4, -0.2) is 41.2 Å². The summed E-state index contributed by atoms with van der Waals surface area (Å²) >= 11 is 0. The fourth-order valence-corrected chi connectivity index (χ4v) is 3.91. The van der Waals surface area contributed by atoms with Crippen LogP contribution in [0.2, 0.25) is 0 Å². The molecule has 0 spiro atoms. The highest BCUT2D eigenvalue weighted by molar-refractivity contribution is 5.89. The molecule has 2 unspecified atom stereocenters. The molecule has 4 rings (SSSR count). The Bertz CT molecular complexity index is 1040. The van der Waals surface area contributed by atoms with E-state index in [4.69, 9.17) is 9.72 Å². The molecule has 1 saturated heterocycles. The normalized spacial score (nSPS) is 18.5. The smallest absolute Gasteiger partial charge is 0.227 e. The molecular weight excluding hydrogens is 390 g/mol. The van der Waals surface area contributed by atoms with Gasteiger partial charge in [-0.1, -0.05) is 24.3 Å². The van der Waals surface area contributed by atoms with Gasteiger partial charge in [0.2, 0.25) is 11.9 Å². The average molecular weight is 418 g/mol. The number of carbonyl (C=O) groups excluding carboxylic acids is 1. The van der Waals surface area contributed by atoms with Crippen LogP contribution in [0.15, 0.2) is 60.8 Å². The van der Waals surface area contributed by atoms with Gasteiger partial charge in [0, 0.05) is 36.5 Å². The second-order valence-corrected chi connectivity index (χ2v) is 7.81. The van der Waals surface area contributed by atoms with Gasteiger partial charge in [-0.25, -0.2) is 9.97 Å². The first-order valence-corrected chi connectivity index (χ1v) is 10.4. The van der Waals surface area contributed by atoms with E-state index in [1.54, 1.807) is 6.20 Å².